The van der Waals surface area contributed by atoms with Gasteiger partial charge in [0, 0.05) is 12.1 Å². The number of nitro groups is 1. The van der Waals surface area contributed by atoms with Crippen LogP contribution in [0.1, 0.15) is 11.1 Å². The van der Waals surface area contributed by atoms with Crippen LogP contribution in [0.3, 0.4) is 0 Å². The summed E-state index contributed by atoms with van der Waals surface area (Å²) in [5, 5.41) is 12.8. The SMILES string of the molecule is CS(=O)(=O)OC1=C(C(=O)OCc2ccc([N+](=O)[O-])cc2)N2C(=O)C(NC(=O)Cc3ccccc3)[C@H]2SC1. The minimum Gasteiger partial charge on any atom is -0.456 e. The third-order valence-electron chi connectivity index (χ3n) is 5.42. The van der Waals surface area contributed by atoms with Crippen molar-refractivity contribution in [2.45, 2.75) is 24.4 Å². The van der Waals surface area contributed by atoms with Crippen molar-refractivity contribution in [3.05, 3.63) is 87.3 Å². The van der Waals surface area contributed by atoms with Crippen LogP contribution in [-0.4, -0.2) is 59.4 Å². The normalized spacial score (nSPS) is 18.9. The average molecular weight is 548 g/mol. The predicted molar refractivity (Wildman–Crippen MR) is 131 cm³/mol. The number of benzene rings is 2. The van der Waals surface area contributed by atoms with Gasteiger partial charge < -0.3 is 14.2 Å². The number of rotatable bonds is 9. The van der Waals surface area contributed by atoms with Gasteiger partial charge in [0.05, 0.1) is 23.4 Å². The molecule has 2 aliphatic heterocycles. The molecule has 0 saturated carbocycles. The van der Waals surface area contributed by atoms with E-state index in [2.05, 4.69) is 5.32 Å². The van der Waals surface area contributed by atoms with Crippen molar-refractivity contribution in [3.63, 3.8) is 0 Å². The van der Waals surface area contributed by atoms with Gasteiger partial charge in [0.1, 0.15) is 18.0 Å². The smallest absolute Gasteiger partial charge is 0.359 e. The Morgan fingerprint density at radius 2 is 1.81 bits per heavy atom. The molecule has 0 bridgehead atoms. The first-order valence-corrected chi connectivity index (χ1v) is 13.7. The highest BCUT2D eigenvalue weighted by molar-refractivity contribution is 8.00. The van der Waals surface area contributed by atoms with E-state index in [1.54, 1.807) is 24.3 Å². The zero-order valence-electron chi connectivity index (χ0n) is 19.4. The Hall–Kier alpha value is -3.91. The van der Waals surface area contributed by atoms with Crippen molar-refractivity contribution >= 4 is 45.4 Å². The van der Waals surface area contributed by atoms with E-state index in [9.17, 15) is 32.9 Å². The number of hydrogen-bond acceptors (Lipinski definition) is 10. The lowest BCUT2D eigenvalue weighted by Gasteiger charge is -2.49. The van der Waals surface area contributed by atoms with E-state index < -0.39 is 38.3 Å². The lowest BCUT2D eigenvalue weighted by Crippen LogP contribution is -2.70. The van der Waals surface area contributed by atoms with E-state index >= 15 is 0 Å². The van der Waals surface area contributed by atoms with Crippen LogP contribution in [0, 0.1) is 10.1 Å². The van der Waals surface area contributed by atoms with E-state index in [0.717, 1.165) is 28.5 Å². The molecule has 1 unspecified atom stereocenters. The summed E-state index contributed by atoms with van der Waals surface area (Å²) in [5.74, 6) is -2.33. The first-order valence-electron chi connectivity index (χ1n) is 10.8. The van der Waals surface area contributed by atoms with Crippen LogP contribution >= 0.6 is 11.8 Å². The van der Waals surface area contributed by atoms with Crippen LogP contribution in [0.2, 0.25) is 0 Å². The van der Waals surface area contributed by atoms with Gasteiger partial charge in [-0.05, 0) is 23.3 Å². The van der Waals surface area contributed by atoms with Gasteiger partial charge in [0.15, 0.2) is 11.5 Å². The Bertz CT molecular complexity index is 1380. The van der Waals surface area contributed by atoms with E-state index in [0.29, 0.717) is 5.56 Å². The molecule has 4 rings (SSSR count). The van der Waals surface area contributed by atoms with E-state index in [1.807, 2.05) is 6.07 Å². The molecule has 0 spiro atoms. The topological polar surface area (TPSA) is 162 Å². The van der Waals surface area contributed by atoms with Crippen molar-refractivity contribution in [1.82, 2.24) is 10.2 Å². The summed E-state index contributed by atoms with van der Waals surface area (Å²) in [4.78, 5) is 49.8. The molecule has 194 valence electrons. The molecule has 0 radical (unpaired) electrons. The lowest BCUT2D eigenvalue weighted by atomic mass is 10.0. The second-order valence-electron chi connectivity index (χ2n) is 8.18. The fourth-order valence-corrected chi connectivity index (χ4v) is 5.60. The number of ether oxygens (including phenoxy) is 1. The number of esters is 1. The van der Waals surface area contributed by atoms with Crippen LogP contribution < -0.4 is 5.32 Å². The maximum absolute atomic E-state index is 13.0. The summed E-state index contributed by atoms with van der Waals surface area (Å²) in [6, 6.07) is 13.3. The summed E-state index contributed by atoms with van der Waals surface area (Å²) in [6.45, 7) is -0.288. The highest BCUT2D eigenvalue weighted by Crippen LogP contribution is 2.41. The van der Waals surface area contributed by atoms with Crippen molar-refractivity contribution in [2.75, 3.05) is 12.0 Å². The molecule has 12 nitrogen and oxygen atoms in total. The highest BCUT2D eigenvalue weighted by Gasteiger charge is 2.55. The number of non-ortho nitro benzene ring substituents is 1. The Labute approximate surface area is 215 Å². The Balaban J connectivity index is 1.49. The number of amides is 2. The first-order chi connectivity index (χ1) is 17.5. The van der Waals surface area contributed by atoms with Crippen molar-refractivity contribution in [1.29, 1.82) is 0 Å². The van der Waals surface area contributed by atoms with Gasteiger partial charge in [0.25, 0.3) is 11.6 Å². The van der Waals surface area contributed by atoms with E-state index in [-0.39, 0.29) is 41.8 Å². The van der Waals surface area contributed by atoms with Gasteiger partial charge in [-0.15, -0.1) is 11.8 Å². The third-order valence-corrected chi connectivity index (χ3v) is 7.18. The number of nitrogens with one attached hydrogen (secondary N) is 1. The Morgan fingerprint density at radius 1 is 1.14 bits per heavy atom. The van der Waals surface area contributed by atoms with Gasteiger partial charge in [-0.25, -0.2) is 4.79 Å². The van der Waals surface area contributed by atoms with Gasteiger partial charge in [-0.3, -0.25) is 24.6 Å². The van der Waals surface area contributed by atoms with Crippen LogP contribution in [0.15, 0.2) is 66.1 Å². The number of nitro benzene ring substituents is 1. The highest BCUT2D eigenvalue weighted by atomic mass is 32.2. The average Bonchev–Trinajstić information content (AvgIpc) is 2.85. The number of hydrogen-bond donors (Lipinski definition) is 1. The fourth-order valence-electron chi connectivity index (χ4n) is 3.76. The van der Waals surface area contributed by atoms with Crippen molar-refractivity contribution in [2.24, 2.45) is 0 Å². The molecule has 0 aliphatic carbocycles. The van der Waals surface area contributed by atoms with Gasteiger partial charge in [0.2, 0.25) is 5.91 Å². The molecule has 2 atom stereocenters. The third kappa shape index (κ3) is 6.09. The molecule has 2 aromatic rings. The van der Waals surface area contributed by atoms with Crippen molar-refractivity contribution in [3.8, 4) is 0 Å². The molecular weight excluding hydrogens is 526 g/mol. The molecule has 1 N–H and O–H groups in total. The lowest BCUT2D eigenvalue weighted by molar-refractivity contribution is -0.384. The van der Waals surface area contributed by atoms with Crippen LogP contribution in [0.25, 0.3) is 0 Å². The molecule has 2 heterocycles. The number of β-lactam (4-membered cyclic amide) rings is 1. The summed E-state index contributed by atoms with van der Waals surface area (Å²) in [6.07, 6.45) is 0.867. The maximum atomic E-state index is 13.0. The molecule has 37 heavy (non-hydrogen) atoms. The number of thioether (sulfide) groups is 1. The fraction of sp³-hybridized carbons (Fsp3) is 0.261. The first kappa shape index (κ1) is 26.2. The summed E-state index contributed by atoms with van der Waals surface area (Å²) in [7, 11) is -4.02. The minimum atomic E-state index is -4.02. The molecule has 0 aromatic heterocycles. The molecule has 1 fully saturated rings. The second kappa shape index (κ2) is 10.6. The van der Waals surface area contributed by atoms with Crippen molar-refractivity contribution < 1.29 is 36.6 Å². The predicted octanol–water partition coefficient (Wildman–Crippen LogP) is 1.47. The van der Waals surface area contributed by atoms with Gasteiger partial charge in [-0.2, -0.15) is 8.42 Å². The molecule has 14 heteroatoms. The summed E-state index contributed by atoms with van der Waals surface area (Å²) >= 11 is 1.13. The molecule has 2 aromatic carbocycles. The van der Waals surface area contributed by atoms with Crippen LogP contribution in [0.4, 0.5) is 5.69 Å². The molecular formula is C23H21N3O9S2. The molecule has 2 amide bonds. The van der Waals surface area contributed by atoms with Crippen LogP contribution in [0.5, 0.6) is 0 Å². The number of carbonyl (C=O) groups is 3. The monoisotopic (exact) mass is 547 g/mol. The molecule has 2 aliphatic rings. The van der Waals surface area contributed by atoms with Crippen LogP contribution in [-0.2, 0) is 46.4 Å². The Morgan fingerprint density at radius 3 is 2.43 bits per heavy atom. The summed E-state index contributed by atoms with van der Waals surface area (Å²) < 4.78 is 33.8. The zero-order chi connectivity index (χ0) is 26.7. The standard InChI is InChI=1S/C23H21N3O9S2/c1-37(32,33)35-17-13-36-22-19(24-18(27)11-14-5-3-2-4-6-14)21(28)25(22)20(17)23(29)34-12-15-7-9-16(10-8-15)26(30)31/h2-10,19,22H,11-13H2,1H3,(H,24,27)/t19?,22-/m1/s1. The number of nitrogens with zero attached hydrogens (tertiary/aromatic N) is 2. The van der Waals surface area contributed by atoms with Gasteiger partial charge >= 0.3 is 16.1 Å². The second-order valence-corrected chi connectivity index (χ2v) is 10.9. The number of fused-ring (bicyclic) bond motifs is 1. The van der Waals surface area contributed by atoms with E-state index in [4.69, 9.17) is 8.92 Å². The number of carbonyl (C=O) groups excluding carboxylic acids is 3. The minimum absolute atomic E-state index is 0.0599. The maximum Gasteiger partial charge on any atom is 0.359 e. The largest absolute Gasteiger partial charge is 0.456 e. The summed E-state index contributed by atoms with van der Waals surface area (Å²) in [5.41, 5.74) is 0.696. The molecule has 1 saturated heterocycles. The van der Waals surface area contributed by atoms with E-state index in [1.165, 1.54) is 24.3 Å². The quantitative estimate of drug-likeness (QED) is 0.160. The van der Waals surface area contributed by atoms with Gasteiger partial charge in [-0.1, -0.05) is 30.3 Å². The zero-order valence-corrected chi connectivity index (χ0v) is 21.0. The Kier molecular flexibility index (Phi) is 7.50.